The highest BCUT2D eigenvalue weighted by atomic mass is 35.5. The lowest BCUT2D eigenvalue weighted by Gasteiger charge is -2.25. The lowest BCUT2D eigenvalue weighted by Crippen LogP contribution is -2.31. The van der Waals surface area contributed by atoms with Crippen molar-refractivity contribution >= 4 is 68.2 Å². The van der Waals surface area contributed by atoms with Crippen LogP contribution in [-0.2, 0) is 10.0 Å². The van der Waals surface area contributed by atoms with Crippen molar-refractivity contribution < 1.29 is 8.42 Å². The van der Waals surface area contributed by atoms with Gasteiger partial charge < -0.3 is 0 Å². The molecule has 2 aromatic rings. The maximum Gasteiger partial charge on any atom is 0.245 e. The van der Waals surface area contributed by atoms with Crippen molar-refractivity contribution in [2.75, 3.05) is 12.3 Å². The molecule has 25 heavy (non-hydrogen) atoms. The molecule has 1 saturated heterocycles. The zero-order valence-corrected chi connectivity index (χ0v) is 17.6. The zero-order valence-electron chi connectivity index (χ0n) is 13.0. The molecule has 1 heterocycles. The van der Waals surface area contributed by atoms with Crippen LogP contribution in [-0.4, -0.2) is 25.0 Å². The SMILES string of the molecule is Cc1cc(S(=O)(=O)N2CCSC2c2ccc(Cl)cc2Cl)c(Cl)cc1Cl. The molecule has 1 unspecified atom stereocenters. The maximum absolute atomic E-state index is 13.2. The maximum atomic E-state index is 13.2. The van der Waals surface area contributed by atoms with Crippen molar-refractivity contribution in [3.63, 3.8) is 0 Å². The molecule has 0 aliphatic carbocycles. The van der Waals surface area contributed by atoms with E-state index < -0.39 is 15.4 Å². The Balaban J connectivity index is 2.06. The molecule has 0 radical (unpaired) electrons. The van der Waals surface area contributed by atoms with Crippen LogP contribution < -0.4 is 0 Å². The molecule has 0 bridgehead atoms. The summed E-state index contributed by atoms with van der Waals surface area (Å²) in [5, 5.41) is 1.04. The van der Waals surface area contributed by atoms with E-state index in [4.69, 9.17) is 46.4 Å². The van der Waals surface area contributed by atoms with Gasteiger partial charge in [0, 0.05) is 27.4 Å². The van der Waals surface area contributed by atoms with Crippen molar-refractivity contribution in [2.24, 2.45) is 0 Å². The normalized spacial score (nSPS) is 18.7. The predicted molar refractivity (Wildman–Crippen MR) is 107 cm³/mol. The summed E-state index contributed by atoms with van der Waals surface area (Å²) in [7, 11) is -3.80. The Kier molecular flexibility index (Phi) is 5.86. The highest BCUT2D eigenvalue weighted by molar-refractivity contribution is 8.01. The van der Waals surface area contributed by atoms with Gasteiger partial charge in [-0.05, 0) is 42.3 Å². The van der Waals surface area contributed by atoms with Gasteiger partial charge in [-0.1, -0.05) is 52.5 Å². The fourth-order valence-electron chi connectivity index (χ4n) is 2.60. The van der Waals surface area contributed by atoms with Crippen LogP contribution in [0.25, 0.3) is 0 Å². The van der Waals surface area contributed by atoms with Crippen molar-refractivity contribution in [2.45, 2.75) is 17.2 Å². The molecule has 0 N–H and O–H groups in total. The summed E-state index contributed by atoms with van der Waals surface area (Å²) in [6.45, 7) is 2.11. The van der Waals surface area contributed by atoms with Gasteiger partial charge in [-0.15, -0.1) is 11.8 Å². The van der Waals surface area contributed by atoms with Crippen LogP contribution in [0.5, 0.6) is 0 Å². The second kappa shape index (κ2) is 7.47. The molecule has 1 aliphatic rings. The largest absolute Gasteiger partial charge is 0.245 e. The Hall–Kier alpha value is -0.140. The van der Waals surface area contributed by atoms with Gasteiger partial charge in [-0.25, -0.2) is 8.42 Å². The fourth-order valence-corrected chi connectivity index (χ4v) is 7.26. The van der Waals surface area contributed by atoms with Gasteiger partial charge >= 0.3 is 0 Å². The average Bonchev–Trinajstić information content (AvgIpc) is 3.01. The molecule has 0 amide bonds. The Morgan fingerprint density at radius 1 is 1.04 bits per heavy atom. The van der Waals surface area contributed by atoms with E-state index in [1.54, 1.807) is 25.1 Å². The minimum Gasteiger partial charge on any atom is -0.207 e. The van der Waals surface area contributed by atoms with Gasteiger partial charge in [0.25, 0.3) is 0 Å². The molecule has 0 saturated carbocycles. The van der Waals surface area contributed by atoms with E-state index in [0.29, 0.717) is 38.5 Å². The zero-order chi connectivity index (χ0) is 18.4. The second-order valence-corrected chi connectivity index (χ2v) is 10.2. The topological polar surface area (TPSA) is 37.4 Å². The highest BCUT2D eigenvalue weighted by Gasteiger charge is 2.38. The molecule has 134 valence electrons. The summed E-state index contributed by atoms with van der Waals surface area (Å²) in [6, 6.07) is 8.03. The van der Waals surface area contributed by atoms with Crippen molar-refractivity contribution in [1.29, 1.82) is 0 Å². The summed E-state index contributed by atoms with van der Waals surface area (Å²) >= 11 is 25.9. The van der Waals surface area contributed by atoms with Crippen LogP contribution in [0.4, 0.5) is 0 Å². The number of hydrogen-bond acceptors (Lipinski definition) is 3. The van der Waals surface area contributed by atoms with Gasteiger partial charge in [0.15, 0.2) is 0 Å². The van der Waals surface area contributed by atoms with Gasteiger partial charge in [0.1, 0.15) is 4.90 Å². The fraction of sp³-hybridized carbons (Fsp3) is 0.250. The summed E-state index contributed by atoms with van der Waals surface area (Å²) in [5.74, 6) is 0.660. The smallest absolute Gasteiger partial charge is 0.207 e. The third kappa shape index (κ3) is 3.79. The second-order valence-electron chi connectivity index (χ2n) is 5.54. The number of thioether (sulfide) groups is 1. The first-order valence-corrected chi connectivity index (χ1v) is 11.3. The molecule has 9 heteroatoms. The first-order valence-electron chi connectivity index (χ1n) is 7.26. The first kappa shape index (κ1) is 19.6. The van der Waals surface area contributed by atoms with E-state index in [-0.39, 0.29) is 9.92 Å². The van der Waals surface area contributed by atoms with Crippen LogP contribution in [0.2, 0.25) is 20.1 Å². The van der Waals surface area contributed by atoms with E-state index in [1.165, 1.54) is 28.2 Å². The molecule has 1 aliphatic heterocycles. The number of rotatable bonds is 3. The Morgan fingerprint density at radius 3 is 2.44 bits per heavy atom. The number of halogens is 4. The van der Waals surface area contributed by atoms with E-state index in [0.717, 1.165) is 0 Å². The van der Waals surface area contributed by atoms with Crippen molar-refractivity contribution in [3.8, 4) is 0 Å². The molecule has 1 atom stereocenters. The molecular weight excluding hydrogens is 444 g/mol. The van der Waals surface area contributed by atoms with Gasteiger partial charge in [0.05, 0.1) is 10.4 Å². The van der Waals surface area contributed by atoms with E-state index in [1.807, 2.05) is 0 Å². The molecule has 0 aromatic heterocycles. The van der Waals surface area contributed by atoms with E-state index in [2.05, 4.69) is 0 Å². The molecule has 0 spiro atoms. The Bertz CT molecular complexity index is 934. The van der Waals surface area contributed by atoms with Crippen LogP contribution in [0.1, 0.15) is 16.5 Å². The van der Waals surface area contributed by atoms with E-state index in [9.17, 15) is 8.42 Å². The monoisotopic (exact) mass is 455 g/mol. The van der Waals surface area contributed by atoms with Crippen molar-refractivity contribution in [1.82, 2.24) is 4.31 Å². The number of hydrogen-bond donors (Lipinski definition) is 0. The Morgan fingerprint density at radius 2 is 1.76 bits per heavy atom. The van der Waals surface area contributed by atoms with Crippen LogP contribution >= 0.6 is 58.2 Å². The highest BCUT2D eigenvalue weighted by Crippen LogP contribution is 2.45. The summed E-state index contributed by atoms with van der Waals surface area (Å²) in [4.78, 5) is 0.0497. The number of sulfonamides is 1. The summed E-state index contributed by atoms with van der Waals surface area (Å²) in [6.07, 6.45) is 0. The third-order valence-electron chi connectivity index (χ3n) is 3.88. The molecule has 2 aromatic carbocycles. The molecule has 3 rings (SSSR count). The van der Waals surface area contributed by atoms with Gasteiger partial charge in [-0.2, -0.15) is 4.31 Å². The predicted octanol–water partition coefficient (Wildman–Crippen LogP) is 6.04. The first-order chi connectivity index (χ1) is 11.7. The number of aryl methyl sites for hydroxylation is 1. The molecular formula is C16H13Cl4NO2S2. The Labute approximate surface area is 171 Å². The minimum absolute atomic E-state index is 0.0497. The van der Waals surface area contributed by atoms with Crippen LogP contribution in [0.15, 0.2) is 35.2 Å². The number of benzene rings is 2. The third-order valence-corrected chi connectivity index (χ3v) is 8.55. The molecule has 3 nitrogen and oxygen atoms in total. The standard InChI is InChI=1S/C16H13Cl4NO2S2/c1-9-6-15(14(20)8-12(9)18)25(22,23)21-4-5-24-16(21)11-3-2-10(17)7-13(11)19/h2-3,6-8,16H,4-5H2,1H3. The number of nitrogens with zero attached hydrogens (tertiary/aromatic N) is 1. The lowest BCUT2D eigenvalue weighted by molar-refractivity contribution is 0.434. The van der Waals surface area contributed by atoms with Crippen molar-refractivity contribution in [3.05, 3.63) is 61.5 Å². The van der Waals surface area contributed by atoms with Gasteiger partial charge in [0.2, 0.25) is 10.0 Å². The summed E-state index contributed by atoms with van der Waals surface area (Å²) < 4.78 is 27.8. The van der Waals surface area contributed by atoms with Gasteiger partial charge in [-0.3, -0.25) is 0 Å². The average molecular weight is 457 g/mol. The summed E-state index contributed by atoms with van der Waals surface area (Å²) in [5.41, 5.74) is 1.36. The molecule has 1 fully saturated rings. The quantitative estimate of drug-likeness (QED) is 0.564. The van der Waals surface area contributed by atoms with E-state index >= 15 is 0 Å². The van der Waals surface area contributed by atoms with Crippen LogP contribution in [0, 0.1) is 6.92 Å². The minimum atomic E-state index is -3.80. The lowest BCUT2D eigenvalue weighted by atomic mass is 10.2. The van der Waals surface area contributed by atoms with Crippen LogP contribution in [0.3, 0.4) is 0 Å².